The molecule has 7 nitrogen and oxygen atoms in total. The van der Waals surface area contributed by atoms with Crippen molar-refractivity contribution >= 4 is 35.1 Å². The van der Waals surface area contributed by atoms with Gasteiger partial charge in [-0.05, 0) is 38.5 Å². The molecule has 0 spiro atoms. The number of benzene rings is 1. The lowest BCUT2D eigenvalue weighted by Crippen LogP contribution is -2.38. The Morgan fingerprint density at radius 2 is 2.11 bits per heavy atom. The quantitative estimate of drug-likeness (QED) is 0.566. The summed E-state index contributed by atoms with van der Waals surface area (Å²) in [6, 6.07) is 5.61. The van der Waals surface area contributed by atoms with Crippen molar-refractivity contribution in [3.05, 3.63) is 63.0 Å². The molecule has 35 heavy (non-hydrogen) atoms. The molecule has 2 aliphatic heterocycles. The molecule has 0 amide bonds. The molecule has 2 aromatic rings. The van der Waals surface area contributed by atoms with E-state index in [1.807, 2.05) is 24.1 Å². The van der Waals surface area contributed by atoms with Crippen molar-refractivity contribution in [3.8, 4) is 0 Å². The van der Waals surface area contributed by atoms with Crippen LogP contribution in [0.5, 0.6) is 0 Å². The lowest BCUT2D eigenvalue weighted by atomic mass is 10.1. The Balaban J connectivity index is 0.000000362. The van der Waals surface area contributed by atoms with Crippen LogP contribution >= 0.6 is 22.9 Å². The van der Waals surface area contributed by atoms with Gasteiger partial charge >= 0.3 is 0 Å². The van der Waals surface area contributed by atoms with Gasteiger partial charge in [0.15, 0.2) is 10.8 Å². The van der Waals surface area contributed by atoms with E-state index in [9.17, 15) is 13.6 Å². The number of aliphatic hydroxyl groups is 1. The molecule has 11 heteroatoms. The number of alkyl halides is 1. The van der Waals surface area contributed by atoms with Crippen molar-refractivity contribution in [3.63, 3.8) is 0 Å². The highest BCUT2D eigenvalue weighted by Crippen LogP contribution is 2.20. The Labute approximate surface area is 214 Å². The molecule has 194 valence electrons. The highest BCUT2D eigenvalue weighted by molar-refractivity contribution is 7.11. The first-order valence-corrected chi connectivity index (χ1v) is 12.3. The number of ether oxygens (including phenoxy) is 1. The summed E-state index contributed by atoms with van der Waals surface area (Å²) in [5, 5.41) is 13.3. The first kappa shape index (κ1) is 30.8. The van der Waals surface area contributed by atoms with E-state index in [2.05, 4.69) is 20.0 Å². The highest BCUT2D eigenvalue weighted by atomic mass is 35.5. The zero-order valence-electron chi connectivity index (χ0n) is 20.4. The molecular formula is C24H33ClF2N4O3S. The number of thiazole rings is 1. The predicted molar refractivity (Wildman–Crippen MR) is 137 cm³/mol. The molecule has 4 rings (SSSR count). The smallest absolute Gasteiger partial charge is 0.162 e. The highest BCUT2D eigenvalue weighted by Gasteiger charge is 2.27. The number of halogens is 3. The third-order valence-electron chi connectivity index (χ3n) is 4.82. The Morgan fingerprint density at radius 1 is 1.40 bits per heavy atom. The number of hydrogen-bond donors (Lipinski definition) is 2. The van der Waals surface area contributed by atoms with Gasteiger partial charge in [0.25, 0.3) is 0 Å². The summed E-state index contributed by atoms with van der Waals surface area (Å²) in [6.45, 7) is 6.36. The summed E-state index contributed by atoms with van der Waals surface area (Å²) in [4.78, 5) is 22.1. The number of carbonyl (C=O) groups is 1. The van der Waals surface area contributed by atoms with Crippen LogP contribution in [0.1, 0.15) is 25.3 Å². The van der Waals surface area contributed by atoms with Gasteiger partial charge in [-0.2, -0.15) is 0 Å². The van der Waals surface area contributed by atoms with Gasteiger partial charge in [0.1, 0.15) is 18.3 Å². The number of aliphatic hydroxyl groups excluding tert-OH is 1. The van der Waals surface area contributed by atoms with E-state index in [1.165, 1.54) is 23.5 Å². The lowest BCUT2D eigenvalue weighted by Gasteiger charge is -2.26. The number of aldehydes is 1. The molecule has 0 radical (unpaired) electrons. The van der Waals surface area contributed by atoms with Gasteiger partial charge in [0.2, 0.25) is 0 Å². The Hall–Kier alpha value is -2.24. The predicted octanol–water partition coefficient (Wildman–Crippen LogP) is 4.12. The summed E-state index contributed by atoms with van der Waals surface area (Å²) in [6.07, 6.45) is 2.37. The summed E-state index contributed by atoms with van der Waals surface area (Å²) >= 11 is 6.90. The molecule has 2 atom stereocenters. The first-order chi connectivity index (χ1) is 16.9. The average Bonchev–Trinajstić information content (AvgIpc) is 3.53. The number of amidine groups is 1. The largest absolute Gasteiger partial charge is 0.400 e. The number of aromatic nitrogens is 1. The van der Waals surface area contributed by atoms with Crippen molar-refractivity contribution in [2.45, 2.75) is 32.5 Å². The monoisotopic (exact) mass is 530 g/mol. The van der Waals surface area contributed by atoms with Gasteiger partial charge in [-0.1, -0.05) is 17.7 Å². The van der Waals surface area contributed by atoms with Crippen LogP contribution < -0.4 is 5.32 Å². The van der Waals surface area contributed by atoms with Gasteiger partial charge in [0.05, 0.1) is 6.04 Å². The molecule has 1 saturated heterocycles. The van der Waals surface area contributed by atoms with Crippen molar-refractivity contribution in [2.24, 2.45) is 4.99 Å². The van der Waals surface area contributed by atoms with E-state index in [0.717, 1.165) is 37.3 Å². The van der Waals surface area contributed by atoms with Gasteiger partial charge in [-0.25, -0.2) is 13.8 Å². The Morgan fingerprint density at radius 3 is 2.57 bits per heavy atom. The number of rotatable bonds is 5. The second-order valence-corrected chi connectivity index (χ2v) is 8.64. The second-order valence-electron chi connectivity index (χ2n) is 7.31. The summed E-state index contributed by atoms with van der Waals surface area (Å²) in [5.41, 5.74) is 1.45. The molecule has 0 saturated carbocycles. The molecule has 0 bridgehead atoms. The Kier molecular flexibility index (Phi) is 15.2. The van der Waals surface area contributed by atoms with E-state index in [4.69, 9.17) is 16.7 Å². The topological polar surface area (TPSA) is 87.0 Å². The summed E-state index contributed by atoms with van der Waals surface area (Å²) < 4.78 is 29.9. The van der Waals surface area contributed by atoms with Crippen LogP contribution in [0.4, 0.5) is 8.78 Å². The van der Waals surface area contributed by atoms with Gasteiger partial charge in [-0.3, -0.25) is 14.7 Å². The van der Waals surface area contributed by atoms with E-state index >= 15 is 0 Å². The van der Waals surface area contributed by atoms with Crippen molar-refractivity contribution in [1.29, 1.82) is 0 Å². The van der Waals surface area contributed by atoms with Gasteiger partial charge in [0, 0.05) is 68.3 Å². The molecule has 1 aromatic carbocycles. The zero-order chi connectivity index (χ0) is 26.2. The van der Waals surface area contributed by atoms with Crippen LogP contribution in [0.15, 0.2) is 52.1 Å². The molecule has 3 heterocycles. The van der Waals surface area contributed by atoms with Crippen LogP contribution in [0.2, 0.25) is 5.02 Å². The SMILES string of the molecule is CCOC.CO.C[C@@H]1N=C(c2nccs2)NC(CN2CCC(F)C2)=C1C=O.Fc1cccc(Cl)c1. The van der Waals surface area contributed by atoms with E-state index in [-0.39, 0.29) is 11.9 Å². The van der Waals surface area contributed by atoms with Crippen LogP contribution in [0.25, 0.3) is 0 Å². The van der Waals surface area contributed by atoms with Crippen molar-refractivity contribution in [2.75, 3.05) is 40.5 Å². The molecular weight excluding hydrogens is 498 g/mol. The maximum atomic E-state index is 13.3. The summed E-state index contributed by atoms with van der Waals surface area (Å²) in [7, 11) is 2.68. The van der Waals surface area contributed by atoms with Crippen molar-refractivity contribution in [1.82, 2.24) is 15.2 Å². The fourth-order valence-electron chi connectivity index (χ4n) is 3.12. The number of nitrogens with one attached hydrogen (secondary N) is 1. The number of nitrogens with zero attached hydrogens (tertiary/aromatic N) is 3. The summed E-state index contributed by atoms with van der Waals surface area (Å²) in [5.74, 6) is 0.395. The fraction of sp³-hybridized carbons (Fsp3) is 0.458. The van der Waals surface area contributed by atoms with Crippen LogP contribution in [-0.4, -0.2) is 79.8 Å². The average molecular weight is 531 g/mol. The minimum Gasteiger partial charge on any atom is -0.400 e. The maximum Gasteiger partial charge on any atom is 0.162 e. The number of likely N-dealkylation sites (tertiary alicyclic amines) is 1. The Bertz CT molecular complexity index is 925. The van der Waals surface area contributed by atoms with E-state index < -0.39 is 6.17 Å². The van der Waals surface area contributed by atoms with Crippen molar-refractivity contribution < 1.29 is 23.4 Å². The number of hydrogen-bond acceptors (Lipinski definition) is 8. The van der Waals surface area contributed by atoms with E-state index in [0.29, 0.717) is 35.9 Å². The fourth-order valence-corrected chi connectivity index (χ4v) is 3.89. The number of carbonyl (C=O) groups excluding carboxylic acids is 1. The molecule has 2 aliphatic rings. The third-order valence-corrected chi connectivity index (χ3v) is 5.84. The molecule has 0 aliphatic carbocycles. The molecule has 1 unspecified atom stereocenters. The molecule has 1 fully saturated rings. The third kappa shape index (κ3) is 10.9. The van der Waals surface area contributed by atoms with Crippen LogP contribution in [0.3, 0.4) is 0 Å². The van der Waals surface area contributed by atoms with E-state index in [1.54, 1.807) is 25.4 Å². The van der Waals surface area contributed by atoms with Crippen LogP contribution in [-0.2, 0) is 9.53 Å². The van der Waals surface area contributed by atoms with Gasteiger partial charge in [-0.15, -0.1) is 11.3 Å². The number of aliphatic imine (C=N–C) groups is 1. The minimum atomic E-state index is -0.765. The molecule has 1 aromatic heterocycles. The maximum absolute atomic E-state index is 13.3. The standard InChI is InChI=1S/C14H17FN4OS.C6H4ClF.C3H8O.CH4O/c1-9-11(8-20)12(7-19-4-2-10(15)6-19)18-13(17-9)14-16-3-5-21-14;7-5-2-1-3-6(8)4-5;1-3-4-2;1-2/h3,5,8-10H,2,4,6-7H2,1H3,(H,17,18);1-4H;3H2,1-2H3;2H,1H3/t9-,10?;;;/m0.../s1. The normalized spacial score (nSPS) is 19.1. The van der Waals surface area contributed by atoms with Crippen LogP contribution in [0, 0.1) is 5.82 Å². The minimum absolute atomic E-state index is 0.207. The number of methoxy groups -OCH3 is 1. The zero-order valence-corrected chi connectivity index (χ0v) is 22.0. The second kappa shape index (κ2) is 17.2. The lowest BCUT2D eigenvalue weighted by molar-refractivity contribution is -0.105. The molecule has 2 N–H and O–H groups in total. The first-order valence-electron chi connectivity index (χ1n) is 11.0. The van der Waals surface area contributed by atoms with Gasteiger partial charge < -0.3 is 15.2 Å².